The van der Waals surface area contributed by atoms with E-state index in [0.29, 0.717) is 25.7 Å². The molecule has 1 saturated heterocycles. The molecule has 0 spiro atoms. The van der Waals surface area contributed by atoms with Crippen molar-refractivity contribution in [2.24, 2.45) is 7.05 Å². The summed E-state index contributed by atoms with van der Waals surface area (Å²) >= 11 is 1.99. The maximum absolute atomic E-state index is 11.8. The average Bonchev–Trinajstić information content (AvgIpc) is 2.90. The van der Waals surface area contributed by atoms with Crippen molar-refractivity contribution in [3.05, 3.63) is 18.2 Å². The van der Waals surface area contributed by atoms with Crippen LogP contribution in [-0.2, 0) is 18.2 Å². The van der Waals surface area contributed by atoms with Gasteiger partial charge in [-0.25, -0.2) is 9.78 Å². The normalized spacial score (nSPS) is 17.2. The summed E-state index contributed by atoms with van der Waals surface area (Å²) in [5.41, 5.74) is 0. The largest absolute Gasteiger partial charge is 0.376 e. The summed E-state index contributed by atoms with van der Waals surface area (Å²) in [6, 6.07) is -0.109. The average molecular weight is 326 g/mol. The molecule has 1 aromatic rings. The van der Waals surface area contributed by atoms with Gasteiger partial charge in [0.1, 0.15) is 5.82 Å². The molecule has 1 unspecified atom stereocenters. The van der Waals surface area contributed by atoms with Crippen molar-refractivity contribution < 1.29 is 9.53 Å². The van der Waals surface area contributed by atoms with E-state index in [1.54, 1.807) is 6.20 Å². The van der Waals surface area contributed by atoms with E-state index in [2.05, 4.69) is 15.6 Å². The van der Waals surface area contributed by atoms with E-state index >= 15 is 0 Å². The molecule has 1 aromatic heterocycles. The van der Waals surface area contributed by atoms with E-state index in [0.717, 1.165) is 18.7 Å². The highest BCUT2D eigenvalue weighted by Crippen LogP contribution is 2.19. The maximum Gasteiger partial charge on any atom is 0.315 e. The highest BCUT2D eigenvalue weighted by molar-refractivity contribution is 7.99. The molecule has 0 aliphatic carbocycles. The zero-order valence-electron chi connectivity index (χ0n) is 13.4. The molecular formula is C15H26N4O2S. The summed E-state index contributed by atoms with van der Waals surface area (Å²) in [7, 11) is 1.95. The second-order valence-corrected chi connectivity index (χ2v) is 6.87. The SMILES string of the molecule is CC(Cc1nccn1C)NC(=O)NCCOC1CCSCC1. The third kappa shape index (κ3) is 5.88. The Balaban J connectivity index is 1.56. The van der Waals surface area contributed by atoms with Crippen LogP contribution in [0.15, 0.2) is 12.4 Å². The Morgan fingerprint density at radius 3 is 3.00 bits per heavy atom. The molecule has 124 valence electrons. The molecule has 0 saturated carbocycles. The van der Waals surface area contributed by atoms with Crippen LogP contribution < -0.4 is 10.6 Å². The van der Waals surface area contributed by atoms with Crippen molar-refractivity contribution >= 4 is 17.8 Å². The van der Waals surface area contributed by atoms with E-state index in [1.807, 2.05) is 36.5 Å². The molecule has 1 fully saturated rings. The van der Waals surface area contributed by atoms with Crippen molar-refractivity contribution in [2.75, 3.05) is 24.7 Å². The molecular weight excluding hydrogens is 300 g/mol. The molecule has 1 aliphatic heterocycles. The van der Waals surface area contributed by atoms with Crippen LogP contribution in [0.3, 0.4) is 0 Å². The highest BCUT2D eigenvalue weighted by Gasteiger charge is 2.14. The third-order valence-corrected chi connectivity index (χ3v) is 4.75. The van der Waals surface area contributed by atoms with E-state index < -0.39 is 0 Å². The molecule has 0 radical (unpaired) electrons. The lowest BCUT2D eigenvalue weighted by atomic mass is 10.2. The first-order chi connectivity index (χ1) is 10.6. The Hall–Kier alpha value is -1.21. The lowest BCUT2D eigenvalue weighted by Crippen LogP contribution is -2.43. The number of aryl methyl sites for hydroxylation is 1. The smallest absolute Gasteiger partial charge is 0.315 e. The zero-order chi connectivity index (χ0) is 15.8. The first kappa shape index (κ1) is 17.1. The second-order valence-electron chi connectivity index (χ2n) is 5.64. The van der Waals surface area contributed by atoms with Gasteiger partial charge < -0.3 is 19.9 Å². The monoisotopic (exact) mass is 326 g/mol. The number of nitrogens with one attached hydrogen (secondary N) is 2. The number of imidazole rings is 1. The predicted molar refractivity (Wildman–Crippen MR) is 89.2 cm³/mol. The second kappa shape index (κ2) is 9.05. The molecule has 2 rings (SSSR count). The van der Waals surface area contributed by atoms with Crippen LogP contribution in [0.1, 0.15) is 25.6 Å². The molecule has 2 heterocycles. The summed E-state index contributed by atoms with van der Waals surface area (Å²) < 4.78 is 7.73. The minimum atomic E-state index is -0.149. The Kier molecular flexibility index (Phi) is 7.05. The van der Waals surface area contributed by atoms with E-state index in [1.165, 1.54) is 11.5 Å². The van der Waals surface area contributed by atoms with Crippen molar-refractivity contribution in [1.29, 1.82) is 0 Å². The van der Waals surface area contributed by atoms with Crippen LogP contribution in [0, 0.1) is 0 Å². The summed E-state index contributed by atoms with van der Waals surface area (Å²) in [5, 5.41) is 5.76. The van der Waals surface area contributed by atoms with Gasteiger partial charge >= 0.3 is 6.03 Å². The fourth-order valence-electron chi connectivity index (χ4n) is 2.43. The van der Waals surface area contributed by atoms with Crippen LogP contribution in [0.4, 0.5) is 4.79 Å². The summed E-state index contributed by atoms with van der Waals surface area (Å²) in [6.45, 7) is 3.10. The summed E-state index contributed by atoms with van der Waals surface area (Å²) in [6.07, 6.45) is 7.00. The summed E-state index contributed by atoms with van der Waals surface area (Å²) in [4.78, 5) is 16.1. The Morgan fingerprint density at radius 1 is 1.55 bits per heavy atom. The van der Waals surface area contributed by atoms with Crippen LogP contribution in [-0.4, -0.2) is 52.4 Å². The number of nitrogens with zero attached hydrogens (tertiary/aromatic N) is 2. The molecule has 0 bridgehead atoms. The molecule has 22 heavy (non-hydrogen) atoms. The fraction of sp³-hybridized carbons (Fsp3) is 0.733. The number of thioether (sulfide) groups is 1. The van der Waals surface area contributed by atoms with Gasteiger partial charge in [-0.2, -0.15) is 11.8 Å². The molecule has 1 atom stereocenters. The maximum atomic E-state index is 11.8. The van der Waals surface area contributed by atoms with E-state index in [4.69, 9.17) is 4.74 Å². The fourth-order valence-corrected chi connectivity index (χ4v) is 3.49. The van der Waals surface area contributed by atoms with Crippen molar-refractivity contribution in [3.8, 4) is 0 Å². The number of carbonyl (C=O) groups is 1. The van der Waals surface area contributed by atoms with Gasteiger partial charge in [-0.3, -0.25) is 0 Å². The molecule has 2 N–H and O–H groups in total. The minimum absolute atomic E-state index is 0.0392. The number of hydrogen-bond donors (Lipinski definition) is 2. The standard InChI is InChI=1S/C15H26N4O2S/c1-12(11-14-16-5-7-19(14)2)18-15(20)17-6-8-21-13-3-9-22-10-4-13/h5,7,12-13H,3-4,6,8-11H2,1-2H3,(H2,17,18,20). The Labute approximate surface area is 136 Å². The van der Waals surface area contributed by atoms with Crippen LogP contribution in [0.5, 0.6) is 0 Å². The quantitative estimate of drug-likeness (QED) is 0.746. The number of amides is 2. The zero-order valence-corrected chi connectivity index (χ0v) is 14.2. The first-order valence-electron chi connectivity index (χ1n) is 7.85. The third-order valence-electron chi connectivity index (χ3n) is 3.70. The van der Waals surface area contributed by atoms with Crippen LogP contribution in [0.25, 0.3) is 0 Å². The molecule has 7 heteroatoms. The van der Waals surface area contributed by atoms with Gasteiger partial charge in [0.15, 0.2) is 0 Å². The predicted octanol–water partition coefficient (Wildman–Crippen LogP) is 1.56. The topological polar surface area (TPSA) is 68.2 Å². The molecule has 0 aromatic carbocycles. The van der Waals surface area contributed by atoms with Gasteiger partial charge in [0, 0.05) is 38.4 Å². The number of aromatic nitrogens is 2. The lowest BCUT2D eigenvalue weighted by molar-refractivity contribution is 0.0509. The van der Waals surface area contributed by atoms with Gasteiger partial charge in [-0.1, -0.05) is 0 Å². The Bertz CT molecular complexity index is 460. The van der Waals surface area contributed by atoms with Crippen molar-refractivity contribution in [3.63, 3.8) is 0 Å². The summed E-state index contributed by atoms with van der Waals surface area (Å²) in [5.74, 6) is 3.33. The number of rotatable bonds is 7. The first-order valence-corrected chi connectivity index (χ1v) is 9.00. The van der Waals surface area contributed by atoms with Gasteiger partial charge in [0.2, 0.25) is 0 Å². The minimum Gasteiger partial charge on any atom is -0.376 e. The lowest BCUT2D eigenvalue weighted by Gasteiger charge is -2.22. The van der Waals surface area contributed by atoms with Crippen LogP contribution >= 0.6 is 11.8 Å². The molecule has 2 amide bonds. The highest BCUT2D eigenvalue weighted by atomic mass is 32.2. The number of carbonyl (C=O) groups excluding carboxylic acids is 1. The Morgan fingerprint density at radius 2 is 2.32 bits per heavy atom. The van der Waals surface area contributed by atoms with Gasteiger partial charge in [0.25, 0.3) is 0 Å². The van der Waals surface area contributed by atoms with E-state index in [9.17, 15) is 4.79 Å². The van der Waals surface area contributed by atoms with E-state index in [-0.39, 0.29) is 12.1 Å². The molecule has 6 nitrogen and oxygen atoms in total. The van der Waals surface area contributed by atoms with Gasteiger partial charge in [-0.05, 0) is 31.3 Å². The van der Waals surface area contributed by atoms with Crippen LogP contribution in [0.2, 0.25) is 0 Å². The van der Waals surface area contributed by atoms with Crippen molar-refractivity contribution in [2.45, 2.75) is 38.3 Å². The number of urea groups is 1. The van der Waals surface area contributed by atoms with Gasteiger partial charge in [0.05, 0.1) is 12.7 Å². The van der Waals surface area contributed by atoms with Crippen molar-refractivity contribution in [1.82, 2.24) is 20.2 Å². The number of ether oxygens (including phenoxy) is 1. The van der Waals surface area contributed by atoms with Gasteiger partial charge in [-0.15, -0.1) is 0 Å². The number of hydrogen-bond acceptors (Lipinski definition) is 4. The molecule has 1 aliphatic rings.